The van der Waals surface area contributed by atoms with Gasteiger partial charge < -0.3 is 10.6 Å². The van der Waals surface area contributed by atoms with Crippen LogP contribution < -0.4 is 10.6 Å². The fraction of sp³-hybridized carbons (Fsp3) is 0.263. The van der Waals surface area contributed by atoms with E-state index in [9.17, 15) is 14.4 Å². The Balaban J connectivity index is 1.55. The number of thiophene rings is 1. The molecule has 0 bridgehead atoms. The number of hydrogen-bond acceptors (Lipinski definition) is 5. The number of anilines is 1. The maximum atomic E-state index is 13.1. The van der Waals surface area contributed by atoms with Gasteiger partial charge in [-0.2, -0.15) is 5.26 Å². The van der Waals surface area contributed by atoms with Gasteiger partial charge >= 0.3 is 6.03 Å². The molecule has 1 atom stereocenters. The normalized spacial score (nSPS) is 20.6. The van der Waals surface area contributed by atoms with Crippen LogP contribution in [-0.4, -0.2) is 29.3 Å². The summed E-state index contributed by atoms with van der Waals surface area (Å²) in [7, 11) is 0. The number of imide groups is 1. The predicted octanol–water partition coefficient (Wildman–Crippen LogP) is 3.00. The van der Waals surface area contributed by atoms with Crippen molar-refractivity contribution in [2.24, 2.45) is 0 Å². The van der Waals surface area contributed by atoms with E-state index < -0.39 is 29.9 Å². The molecule has 1 aromatic heterocycles. The van der Waals surface area contributed by atoms with E-state index in [0.717, 1.165) is 28.2 Å². The lowest BCUT2D eigenvalue weighted by molar-refractivity contribution is -0.134. The molecule has 0 saturated carbocycles. The maximum Gasteiger partial charge on any atom is 0.325 e. The van der Waals surface area contributed by atoms with E-state index in [4.69, 9.17) is 16.9 Å². The smallest absolute Gasteiger partial charge is 0.323 e. The van der Waals surface area contributed by atoms with Crippen molar-refractivity contribution < 1.29 is 14.4 Å². The number of rotatable bonds is 3. The van der Waals surface area contributed by atoms with E-state index in [0.29, 0.717) is 11.4 Å². The van der Waals surface area contributed by atoms with Crippen LogP contribution in [0.25, 0.3) is 0 Å². The first kappa shape index (κ1) is 18.5. The first-order chi connectivity index (χ1) is 13.4. The van der Waals surface area contributed by atoms with Crippen molar-refractivity contribution in [3.05, 3.63) is 50.7 Å². The molecule has 2 aliphatic rings. The topological polar surface area (TPSA) is 102 Å². The van der Waals surface area contributed by atoms with Crippen LogP contribution in [0.15, 0.2) is 29.6 Å². The predicted molar refractivity (Wildman–Crippen MR) is 104 cm³/mol. The first-order valence-electron chi connectivity index (χ1n) is 8.65. The van der Waals surface area contributed by atoms with Crippen LogP contribution in [-0.2, 0) is 21.5 Å². The Hall–Kier alpha value is -2.89. The fourth-order valence-electron chi connectivity index (χ4n) is 3.74. The van der Waals surface area contributed by atoms with Crippen molar-refractivity contribution in [1.82, 2.24) is 10.2 Å². The molecule has 0 radical (unpaired) electrons. The summed E-state index contributed by atoms with van der Waals surface area (Å²) in [6.45, 7) is -0.441. The summed E-state index contributed by atoms with van der Waals surface area (Å²) in [5.74, 6) is -1.00. The van der Waals surface area contributed by atoms with Crippen LogP contribution in [0.3, 0.4) is 0 Å². The lowest BCUT2D eigenvalue weighted by atomic mass is 9.80. The van der Waals surface area contributed by atoms with Gasteiger partial charge in [-0.1, -0.05) is 11.6 Å². The minimum Gasteiger partial charge on any atom is -0.323 e. The van der Waals surface area contributed by atoms with Crippen molar-refractivity contribution in [2.75, 3.05) is 11.9 Å². The Morgan fingerprint density at radius 3 is 3.00 bits per heavy atom. The largest absolute Gasteiger partial charge is 0.325 e. The quantitative estimate of drug-likeness (QED) is 0.753. The number of carbonyl (C=O) groups is 3. The minimum absolute atomic E-state index is 0.236. The number of nitrogens with zero attached hydrogens (tertiary/aromatic N) is 2. The Kier molecular flexibility index (Phi) is 4.57. The SMILES string of the molecule is N#Cc1ccc(Cl)cc1NC(=O)CN1C(=O)N[C@@]2(CCCc3sccc32)C1=O. The van der Waals surface area contributed by atoms with Crippen LogP contribution in [0.5, 0.6) is 0 Å². The summed E-state index contributed by atoms with van der Waals surface area (Å²) in [6, 6.07) is 7.71. The summed E-state index contributed by atoms with van der Waals surface area (Å²) in [6.07, 6.45) is 2.17. The number of halogens is 1. The number of hydrogen-bond donors (Lipinski definition) is 2. The molecule has 2 aromatic rings. The third-order valence-corrected chi connectivity index (χ3v) is 6.23. The molecular weight excluding hydrogens is 400 g/mol. The third-order valence-electron chi connectivity index (χ3n) is 5.01. The van der Waals surface area contributed by atoms with E-state index in [1.165, 1.54) is 12.1 Å². The lowest BCUT2D eigenvalue weighted by Gasteiger charge is -2.31. The molecule has 2 N–H and O–H groups in total. The summed E-state index contributed by atoms with van der Waals surface area (Å²) in [5.41, 5.74) is 0.214. The van der Waals surface area contributed by atoms with Gasteiger partial charge in [-0.15, -0.1) is 11.3 Å². The molecule has 9 heteroatoms. The van der Waals surface area contributed by atoms with E-state index in [-0.39, 0.29) is 11.3 Å². The highest BCUT2D eigenvalue weighted by Gasteiger charge is 2.54. The Bertz CT molecular complexity index is 1040. The lowest BCUT2D eigenvalue weighted by Crippen LogP contribution is -2.46. The molecule has 1 spiro atoms. The van der Waals surface area contributed by atoms with E-state index in [2.05, 4.69) is 10.6 Å². The second kappa shape index (κ2) is 6.93. The molecule has 1 aliphatic carbocycles. The number of aryl methyl sites for hydroxylation is 1. The third kappa shape index (κ3) is 2.93. The molecule has 1 aliphatic heterocycles. The van der Waals surface area contributed by atoms with Gasteiger partial charge in [-0.25, -0.2) is 4.79 Å². The van der Waals surface area contributed by atoms with Gasteiger partial charge in [0.25, 0.3) is 5.91 Å². The molecule has 2 heterocycles. The van der Waals surface area contributed by atoms with Gasteiger partial charge in [0.2, 0.25) is 5.91 Å². The number of nitriles is 1. The average Bonchev–Trinajstić information content (AvgIpc) is 3.23. The molecule has 142 valence electrons. The molecular formula is C19H15ClN4O3S. The van der Waals surface area contributed by atoms with Crippen molar-refractivity contribution in [1.29, 1.82) is 5.26 Å². The van der Waals surface area contributed by atoms with Crippen LogP contribution in [0.1, 0.15) is 28.8 Å². The van der Waals surface area contributed by atoms with E-state index >= 15 is 0 Å². The van der Waals surface area contributed by atoms with E-state index in [1.54, 1.807) is 17.4 Å². The van der Waals surface area contributed by atoms with E-state index in [1.807, 2.05) is 17.5 Å². The Morgan fingerprint density at radius 1 is 1.39 bits per heavy atom. The second-order valence-corrected chi connectivity index (χ2v) is 8.12. The number of carbonyl (C=O) groups excluding carboxylic acids is 3. The van der Waals surface area contributed by atoms with Crippen molar-refractivity contribution in [3.63, 3.8) is 0 Å². The van der Waals surface area contributed by atoms with Crippen molar-refractivity contribution in [2.45, 2.75) is 24.8 Å². The highest BCUT2D eigenvalue weighted by atomic mass is 35.5. The van der Waals surface area contributed by atoms with Crippen molar-refractivity contribution >= 4 is 46.5 Å². The average molecular weight is 415 g/mol. The van der Waals surface area contributed by atoms with Gasteiger partial charge in [-0.05, 0) is 48.9 Å². The van der Waals surface area contributed by atoms with Crippen molar-refractivity contribution in [3.8, 4) is 6.07 Å². The molecule has 1 saturated heterocycles. The summed E-state index contributed by atoms with van der Waals surface area (Å²) >= 11 is 7.49. The standard InChI is InChI=1S/C19H15ClN4O3S/c20-12-4-3-11(9-21)14(8-12)22-16(25)10-24-17(26)19(23-18(24)27)6-1-2-15-13(19)5-7-28-15/h3-5,7-8H,1-2,6,10H2,(H,22,25)(H,23,27)/t19-/m1/s1. The zero-order chi connectivity index (χ0) is 19.9. The van der Waals surface area contributed by atoms with Crippen LogP contribution in [0.4, 0.5) is 10.5 Å². The highest BCUT2D eigenvalue weighted by molar-refractivity contribution is 7.10. The van der Waals surface area contributed by atoms with Gasteiger partial charge in [0.15, 0.2) is 0 Å². The monoisotopic (exact) mass is 414 g/mol. The highest BCUT2D eigenvalue weighted by Crippen LogP contribution is 2.42. The molecule has 0 unspecified atom stereocenters. The first-order valence-corrected chi connectivity index (χ1v) is 9.91. The Morgan fingerprint density at radius 2 is 2.21 bits per heavy atom. The molecule has 4 amide bonds. The molecule has 4 rings (SSSR count). The second-order valence-electron chi connectivity index (χ2n) is 6.69. The van der Waals surface area contributed by atoms with Gasteiger partial charge in [0, 0.05) is 15.5 Å². The summed E-state index contributed by atoms with van der Waals surface area (Å²) in [5, 5.41) is 16.8. The maximum absolute atomic E-state index is 13.1. The van der Waals surface area contributed by atoms with Gasteiger partial charge in [-0.3, -0.25) is 14.5 Å². The van der Waals surface area contributed by atoms with Gasteiger partial charge in [0.05, 0.1) is 11.3 Å². The number of benzene rings is 1. The number of amides is 4. The Labute approximate surface area is 169 Å². The zero-order valence-corrected chi connectivity index (χ0v) is 16.2. The molecule has 1 fully saturated rings. The zero-order valence-electron chi connectivity index (χ0n) is 14.6. The molecule has 7 nitrogen and oxygen atoms in total. The summed E-state index contributed by atoms with van der Waals surface area (Å²) in [4.78, 5) is 40.1. The molecule has 28 heavy (non-hydrogen) atoms. The number of urea groups is 1. The van der Waals surface area contributed by atoms with Crippen LogP contribution >= 0.6 is 22.9 Å². The fourth-order valence-corrected chi connectivity index (χ4v) is 4.91. The number of fused-ring (bicyclic) bond motifs is 2. The molecule has 1 aromatic carbocycles. The van der Waals surface area contributed by atoms with Gasteiger partial charge in [0.1, 0.15) is 18.2 Å². The summed E-state index contributed by atoms with van der Waals surface area (Å²) < 4.78 is 0. The van der Waals surface area contributed by atoms with Crippen LogP contribution in [0.2, 0.25) is 5.02 Å². The number of nitrogens with one attached hydrogen (secondary N) is 2. The minimum atomic E-state index is -1.08. The van der Waals surface area contributed by atoms with Crippen LogP contribution in [0, 0.1) is 11.3 Å².